The molecule has 4 fully saturated rings. The Bertz CT molecular complexity index is 839. The van der Waals surface area contributed by atoms with E-state index in [0.717, 1.165) is 44.9 Å². The summed E-state index contributed by atoms with van der Waals surface area (Å²) >= 11 is 0. The maximum atomic E-state index is 11.5. The van der Waals surface area contributed by atoms with Gasteiger partial charge in [0.2, 0.25) is 0 Å². The number of carbonyl (C=O) groups is 1. The average Bonchev–Trinajstić information content (AvgIpc) is 3.05. The van der Waals surface area contributed by atoms with Gasteiger partial charge >= 0.3 is 16.4 Å². The molecule has 6 N–H and O–H groups in total. The van der Waals surface area contributed by atoms with E-state index in [9.17, 15) is 20.1 Å². The molecule has 4 aliphatic carbocycles. The molecule has 4 saturated carbocycles. The highest BCUT2D eigenvalue weighted by molar-refractivity contribution is 7.79. The van der Waals surface area contributed by atoms with E-state index in [1.165, 1.54) is 0 Å². The lowest BCUT2D eigenvalue weighted by Gasteiger charge is -2.63. The summed E-state index contributed by atoms with van der Waals surface area (Å²) in [6.07, 6.45) is 6.00. The molecule has 0 spiro atoms. The minimum Gasteiger partial charge on any atom is -0.481 e. The van der Waals surface area contributed by atoms with E-state index in [-0.39, 0.29) is 41.3 Å². The molecule has 0 aromatic rings. The van der Waals surface area contributed by atoms with Crippen molar-refractivity contribution in [1.29, 1.82) is 0 Å². The van der Waals surface area contributed by atoms with Crippen molar-refractivity contribution >= 4 is 16.4 Å². The van der Waals surface area contributed by atoms with E-state index in [4.69, 9.17) is 22.6 Å². The third-order valence-electron chi connectivity index (χ3n) is 10.3. The van der Waals surface area contributed by atoms with Crippen molar-refractivity contribution in [3.8, 4) is 0 Å². The summed E-state index contributed by atoms with van der Waals surface area (Å²) in [5, 5.41) is 42.0. The molecule has 0 aromatic heterocycles. The van der Waals surface area contributed by atoms with E-state index in [1.54, 1.807) is 0 Å². The monoisotopic (exact) mass is 506 g/mol. The Hall–Kier alpha value is -0.780. The third kappa shape index (κ3) is 5.32. The van der Waals surface area contributed by atoms with Gasteiger partial charge in [0.1, 0.15) is 0 Å². The molecular formula is C24H42O9S. The highest BCUT2D eigenvalue weighted by atomic mass is 32.3. The summed E-state index contributed by atoms with van der Waals surface area (Å²) in [4.78, 5) is 11.1. The number of fused-ring (bicyclic) bond motifs is 5. The lowest BCUT2D eigenvalue weighted by atomic mass is 9.43. The zero-order chi connectivity index (χ0) is 25.6. The molecule has 4 rings (SSSR count). The van der Waals surface area contributed by atoms with Gasteiger partial charge in [0.15, 0.2) is 0 Å². The first-order valence-corrected chi connectivity index (χ1v) is 13.9. The largest absolute Gasteiger partial charge is 0.481 e. The summed E-state index contributed by atoms with van der Waals surface area (Å²) in [7, 11) is -4.67. The first-order chi connectivity index (χ1) is 15.6. The van der Waals surface area contributed by atoms with Crippen LogP contribution in [-0.2, 0) is 15.2 Å². The molecule has 0 radical (unpaired) electrons. The number of rotatable bonds is 4. The Morgan fingerprint density at radius 3 is 2.21 bits per heavy atom. The smallest absolute Gasteiger partial charge is 0.394 e. The van der Waals surface area contributed by atoms with Crippen LogP contribution >= 0.6 is 0 Å². The Balaban J connectivity index is 0.000000588. The third-order valence-corrected chi connectivity index (χ3v) is 10.3. The number of aliphatic hydroxyl groups excluding tert-OH is 3. The first kappa shape index (κ1) is 27.8. The van der Waals surface area contributed by atoms with Gasteiger partial charge in [-0.1, -0.05) is 20.8 Å². The molecule has 11 atom stereocenters. The molecule has 0 aliphatic heterocycles. The van der Waals surface area contributed by atoms with Crippen molar-refractivity contribution in [2.24, 2.45) is 46.3 Å². The zero-order valence-corrected chi connectivity index (χ0v) is 21.2. The molecule has 0 saturated heterocycles. The lowest BCUT2D eigenvalue weighted by Crippen LogP contribution is -2.62. The number of hydrogen-bond donors (Lipinski definition) is 6. The summed E-state index contributed by atoms with van der Waals surface area (Å²) in [6, 6.07) is 0. The van der Waals surface area contributed by atoms with Gasteiger partial charge in [0, 0.05) is 6.42 Å². The standard InChI is InChI=1S/C24H40O5.H2O4S/c1-13(4-7-21(28)29)16-5-6-17-22-18(12-20(27)24(16,17)3)23(2)9-8-15(25)10-14(23)11-19(22)26;1-5(2,3)4/h13-20,22,25-27H,4-12H2,1-3H3,(H,28,29);(H2,1,2,3,4)/t13-,14+,15-,16-,17+,18+,19-,20+,22+,23+,24-;/m1./s1. The van der Waals surface area contributed by atoms with Crippen LogP contribution in [0.4, 0.5) is 0 Å². The van der Waals surface area contributed by atoms with E-state index in [1.807, 2.05) is 0 Å². The van der Waals surface area contributed by atoms with E-state index < -0.39 is 22.5 Å². The molecular weight excluding hydrogens is 464 g/mol. The topological polar surface area (TPSA) is 173 Å². The molecule has 10 heteroatoms. The van der Waals surface area contributed by atoms with Crippen LogP contribution in [0.5, 0.6) is 0 Å². The van der Waals surface area contributed by atoms with Crippen molar-refractivity contribution in [1.82, 2.24) is 0 Å². The second-order valence-electron chi connectivity index (χ2n) is 11.9. The van der Waals surface area contributed by atoms with Gasteiger partial charge in [-0.2, -0.15) is 8.42 Å². The van der Waals surface area contributed by atoms with Gasteiger partial charge in [-0.05, 0) is 97.7 Å². The van der Waals surface area contributed by atoms with Gasteiger partial charge in [-0.15, -0.1) is 0 Å². The maximum Gasteiger partial charge on any atom is 0.394 e. The van der Waals surface area contributed by atoms with Crippen LogP contribution in [-0.4, -0.2) is 62.2 Å². The molecule has 0 bridgehead atoms. The molecule has 0 heterocycles. The molecule has 0 aromatic carbocycles. The minimum atomic E-state index is -4.67. The number of carboxylic acid groups (broad SMARTS) is 1. The number of aliphatic carboxylic acids is 1. The maximum absolute atomic E-state index is 11.5. The van der Waals surface area contributed by atoms with Gasteiger partial charge < -0.3 is 20.4 Å². The van der Waals surface area contributed by atoms with Crippen LogP contribution < -0.4 is 0 Å². The summed E-state index contributed by atoms with van der Waals surface area (Å²) in [6.45, 7) is 6.72. The van der Waals surface area contributed by atoms with Crippen molar-refractivity contribution in [2.45, 2.75) is 96.9 Å². The first-order valence-electron chi connectivity index (χ1n) is 12.5. The van der Waals surface area contributed by atoms with Gasteiger partial charge in [-0.3, -0.25) is 13.9 Å². The molecule has 9 nitrogen and oxygen atoms in total. The van der Waals surface area contributed by atoms with Crippen molar-refractivity contribution in [3.63, 3.8) is 0 Å². The van der Waals surface area contributed by atoms with E-state index >= 15 is 0 Å². The predicted octanol–water partition coefficient (Wildman–Crippen LogP) is 2.80. The fraction of sp³-hybridized carbons (Fsp3) is 0.958. The van der Waals surface area contributed by atoms with Gasteiger partial charge in [-0.25, -0.2) is 0 Å². The number of carboxylic acids is 1. The van der Waals surface area contributed by atoms with Crippen molar-refractivity contribution in [3.05, 3.63) is 0 Å². The number of hydrogen-bond acceptors (Lipinski definition) is 6. The van der Waals surface area contributed by atoms with E-state index in [2.05, 4.69) is 20.8 Å². The highest BCUT2D eigenvalue weighted by Crippen LogP contribution is 2.68. The summed E-state index contributed by atoms with van der Waals surface area (Å²) < 4.78 is 31.6. The fourth-order valence-corrected chi connectivity index (χ4v) is 8.68. The van der Waals surface area contributed by atoms with E-state index in [0.29, 0.717) is 30.1 Å². The highest BCUT2D eigenvalue weighted by Gasteiger charge is 2.65. The second kappa shape index (κ2) is 9.94. The normalized spacial score (nSPS) is 46.8. The minimum absolute atomic E-state index is 0.0957. The number of aliphatic hydroxyl groups is 3. The van der Waals surface area contributed by atoms with Crippen LogP contribution in [0, 0.1) is 46.3 Å². The fourth-order valence-electron chi connectivity index (χ4n) is 8.68. The summed E-state index contributed by atoms with van der Waals surface area (Å²) in [5.74, 6) is 0.997. The van der Waals surface area contributed by atoms with Crippen LogP contribution in [0.25, 0.3) is 0 Å². The van der Waals surface area contributed by atoms with Crippen LogP contribution in [0.15, 0.2) is 0 Å². The Morgan fingerprint density at radius 1 is 1.00 bits per heavy atom. The molecule has 4 aliphatic rings. The van der Waals surface area contributed by atoms with Crippen LogP contribution in [0.1, 0.15) is 78.6 Å². The SMILES string of the molecule is C[C@H](CCC(=O)O)[C@H]1CC[C@H]2[C@@H]3[C@H](O)C[C@@H]4C[C@H](O)CC[C@]4(C)[C@H]3C[C@H](O)[C@]12C.O=S(=O)(O)O. The van der Waals surface area contributed by atoms with Crippen molar-refractivity contribution in [2.75, 3.05) is 0 Å². The molecule has 198 valence electrons. The zero-order valence-electron chi connectivity index (χ0n) is 20.4. The van der Waals surface area contributed by atoms with Gasteiger partial charge in [0.25, 0.3) is 0 Å². The Labute approximate surface area is 202 Å². The molecule has 0 amide bonds. The van der Waals surface area contributed by atoms with Crippen LogP contribution in [0.2, 0.25) is 0 Å². The Kier molecular flexibility index (Phi) is 8.12. The average molecular weight is 507 g/mol. The predicted molar refractivity (Wildman–Crippen MR) is 124 cm³/mol. The quantitative estimate of drug-likeness (QED) is 0.313. The van der Waals surface area contributed by atoms with Crippen LogP contribution in [0.3, 0.4) is 0 Å². The Morgan fingerprint density at radius 2 is 1.62 bits per heavy atom. The summed E-state index contributed by atoms with van der Waals surface area (Å²) in [5.41, 5.74) is -0.143. The molecule has 34 heavy (non-hydrogen) atoms. The lowest BCUT2D eigenvalue weighted by molar-refractivity contribution is -0.207. The van der Waals surface area contributed by atoms with Gasteiger partial charge in [0.05, 0.1) is 18.3 Å². The molecule has 0 unspecified atom stereocenters. The van der Waals surface area contributed by atoms with Crippen molar-refractivity contribution < 1.29 is 42.7 Å². The second-order valence-corrected chi connectivity index (χ2v) is 12.8.